The molecule has 0 unspecified atom stereocenters. The van der Waals surface area contributed by atoms with Crippen molar-refractivity contribution in [3.63, 3.8) is 0 Å². The highest BCUT2D eigenvalue weighted by molar-refractivity contribution is 14.1. The molecule has 0 aliphatic rings. The molecule has 0 bridgehead atoms. The molecule has 2 heteroatoms. The van der Waals surface area contributed by atoms with Gasteiger partial charge in [0.15, 0.2) is 5.78 Å². The Bertz CT molecular complexity index is 305. The van der Waals surface area contributed by atoms with Crippen LogP contribution in [0.3, 0.4) is 0 Å². The van der Waals surface area contributed by atoms with Crippen LogP contribution in [0.25, 0.3) is 0 Å². The van der Waals surface area contributed by atoms with Gasteiger partial charge >= 0.3 is 0 Å². The first kappa shape index (κ1) is 9.71. The third kappa shape index (κ3) is 1.86. The topological polar surface area (TPSA) is 17.1 Å². The Morgan fingerprint density at radius 3 is 2.75 bits per heavy atom. The van der Waals surface area contributed by atoms with Crippen LogP contribution in [0.1, 0.15) is 29.3 Å². The fourth-order valence-electron chi connectivity index (χ4n) is 1.05. The molecule has 1 rings (SSSR count). The Hall–Kier alpha value is -0.380. The number of carbonyl (C=O) groups is 1. The van der Waals surface area contributed by atoms with Crippen molar-refractivity contribution in [1.29, 1.82) is 0 Å². The van der Waals surface area contributed by atoms with Crippen molar-refractivity contribution in [3.8, 4) is 0 Å². The summed E-state index contributed by atoms with van der Waals surface area (Å²) in [7, 11) is 0. The van der Waals surface area contributed by atoms with Gasteiger partial charge in [-0.3, -0.25) is 4.79 Å². The summed E-state index contributed by atoms with van der Waals surface area (Å²) in [6.07, 6.45) is 0.583. The van der Waals surface area contributed by atoms with E-state index in [1.807, 2.05) is 32.0 Å². The van der Waals surface area contributed by atoms with Crippen molar-refractivity contribution in [2.45, 2.75) is 20.3 Å². The monoisotopic (exact) mass is 274 g/mol. The van der Waals surface area contributed by atoms with E-state index in [4.69, 9.17) is 0 Å². The molecule has 0 N–H and O–H groups in total. The second kappa shape index (κ2) is 4.03. The second-order valence-corrected chi connectivity index (χ2v) is 3.79. The van der Waals surface area contributed by atoms with Crippen LogP contribution in [0.4, 0.5) is 0 Å². The zero-order valence-corrected chi connectivity index (χ0v) is 9.38. The first-order chi connectivity index (χ1) is 5.66. The van der Waals surface area contributed by atoms with Gasteiger partial charge in [0.1, 0.15) is 0 Å². The summed E-state index contributed by atoms with van der Waals surface area (Å²) >= 11 is 2.22. The van der Waals surface area contributed by atoms with Gasteiger partial charge in [0, 0.05) is 15.6 Å². The van der Waals surface area contributed by atoms with Gasteiger partial charge in [-0.1, -0.05) is 25.1 Å². The molecule has 0 saturated carbocycles. The third-order valence-corrected chi connectivity index (χ3v) is 3.25. The van der Waals surface area contributed by atoms with Crippen LogP contribution in [-0.2, 0) is 0 Å². The van der Waals surface area contributed by atoms with E-state index in [1.54, 1.807) is 0 Å². The average Bonchev–Trinajstić information content (AvgIpc) is 2.08. The van der Waals surface area contributed by atoms with Gasteiger partial charge < -0.3 is 0 Å². The number of halogens is 1. The van der Waals surface area contributed by atoms with Gasteiger partial charge in [0.25, 0.3) is 0 Å². The maximum absolute atomic E-state index is 11.4. The molecular formula is C10H11IO. The molecule has 0 aromatic heterocycles. The van der Waals surface area contributed by atoms with Crippen molar-refractivity contribution < 1.29 is 4.79 Å². The van der Waals surface area contributed by atoms with Crippen LogP contribution in [-0.4, -0.2) is 5.78 Å². The summed E-state index contributed by atoms with van der Waals surface area (Å²) in [4.78, 5) is 11.4. The maximum atomic E-state index is 11.4. The van der Waals surface area contributed by atoms with E-state index in [0.717, 1.165) is 9.13 Å². The first-order valence-electron chi connectivity index (χ1n) is 3.95. The van der Waals surface area contributed by atoms with Crippen LogP contribution < -0.4 is 0 Å². The number of carbonyl (C=O) groups excluding carboxylic acids is 1. The van der Waals surface area contributed by atoms with Gasteiger partial charge in [-0.15, -0.1) is 0 Å². The molecule has 1 nitrogen and oxygen atoms in total. The number of hydrogen-bond acceptors (Lipinski definition) is 1. The van der Waals surface area contributed by atoms with E-state index >= 15 is 0 Å². The Balaban J connectivity index is 3.16. The quantitative estimate of drug-likeness (QED) is 0.598. The van der Waals surface area contributed by atoms with Crippen LogP contribution in [0.5, 0.6) is 0 Å². The number of aryl methyl sites for hydroxylation is 1. The molecule has 0 radical (unpaired) electrons. The molecule has 1 aromatic carbocycles. The Morgan fingerprint density at radius 1 is 1.50 bits per heavy atom. The fourth-order valence-corrected chi connectivity index (χ4v) is 1.71. The normalized spacial score (nSPS) is 9.92. The third-order valence-electron chi connectivity index (χ3n) is 1.81. The van der Waals surface area contributed by atoms with E-state index in [0.29, 0.717) is 6.42 Å². The molecule has 0 heterocycles. The molecule has 0 saturated heterocycles. The predicted molar refractivity (Wildman–Crippen MR) is 58.5 cm³/mol. The Labute approximate surface area is 86.3 Å². The Kier molecular flexibility index (Phi) is 3.26. The van der Waals surface area contributed by atoms with Gasteiger partial charge in [-0.25, -0.2) is 0 Å². The number of ketones is 1. The summed E-state index contributed by atoms with van der Waals surface area (Å²) in [6.45, 7) is 3.91. The summed E-state index contributed by atoms with van der Waals surface area (Å²) in [5.74, 6) is 0.225. The van der Waals surface area contributed by atoms with Crippen molar-refractivity contribution in [1.82, 2.24) is 0 Å². The van der Waals surface area contributed by atoms with Gasteiger partial charge in [-0.05, 0) is 35.1 Å². The van der Waals surface area contributed by atoms with Crippen LogP contribution in [0.2, 0.25) is 0 Å². The zero-order valence-electron chi connectivity index (χ0n) is 7.23. The summed E-state index contributed by atoms with van der Waals surface area (Å²) in [5, 5.41) is 0. The second-order valence-electron chi connectivity index (χ2n) is 2.71. The van der Waals surface area contributed by atoms with Gasteiger partial charge in [-0.2, -0.15) is 0 Å². The lowest BCUT2D eigenvalue weighted by Crippen LogP contribution is -2.00. The minimum atomic E-state index is 0.225. The molecular weight excluding hydrogens is 263 g/mol. The molecule has 0 atom stereocenters. The van der Waals surface area contributed by atoms with Gasteiger partial charge in [0.05, 0.1) is 0 Å². The van der Waals surface area contributed by atoms with Crippen LogP contribution in [0.15, 0.2) is 18.2 Å². The van der Waals surface area contributed by atoms with Crippen molar-refractivity contribution in [2.24, 2.45) is 0 Å². The van der Waals surface area contributed by atoms with E-state index in [1.165, 1.54) is 5.56 Å². The fraction of sp³-hybridized carbons (Fsp3) is 0.300. The van der Waals surface area contributed by atoms with E-state index in [-0.39, 0.29) is 5.78 Å². The van der Waals surface area contributed by atoms with Crippen molar-refractivity contribution >= 4 is 28.4 Å². The zero-order chi connectivity index (χ0) is 9.14. The van der Waals surface area contributed by atoms with Gasteiger partial charge in [0.2, 0.25) is 0 Å². The molecule has 0 amide bonds. The molecule has 64 valence electrons. The molecule has 0 spiro atoms. The minimum Gasteiger partial charge on any atom is -0.294 e. The lowest BCUT2D eigenvalue weighted by Gasteiger charge is -2.03. The lowest BCUT2D eigenvalue weighted by atomic mass is 10.1. The predicted octanol–water partition coefficient (Wildman–Crippen LogP) is 3.19. The smallest absolute Gasteiger partial charge is 0.163 e. The maximum Gasteiger partial charge on any atom is 0.163 e. The molecule has 0 aliphatic heterocycles. The number of benzene rings is 1. The SMILES string of the molecule is CCC(=O)c1cccc(C)c1I. The van der Waals surface area contributed by atoms with Crippen LogP contribution in [0, 0.1) is 10.5 Å². The number of rotatable bonds is 2. The summed E-state index contributed by atoms with van der Waals surface area (Å²) in [6, 6.07) is 5.84. The first-order valence-corrected chi connectivity index (χ1v) is 5.03. The highest BCUT2D eigenvalue weighted by Crippen LogP contribution is 2.17. The van der Waals surface area contributed by atoms with E-state index < -0.39 is 0 Å². The lowest BCUT2D eigenvalue weighted by molar-refractivity contribution is 0.0987. The highest BCUT2D eigenvalue weighted by Gasteiger charge is 2.07. The van der Waals surface area contributed by atoms with E-state index in [2.05, 4.69) is 22.6 Å². The standard InChI is InChI=1S/C10H11IO/c1-3-9(12)8-6-4-5-7(2)10(8)11/h4-6H,3H2,1-2H3. The molecule has 0 aliphatic carbocycles. The van der Waals surface area contributed by atoms with Crippen LogP contribution >= 0.6 is 22.6 Å². The van der Waals surface area contributed by atoms with E-state index in [9.17, 15) is 4.79 Å². The molecule has 1 aromatic rings. The van der Waals surface area contributed by atoms with Crippen molar-refractivity contribution in [2.75, 3.05) is 0 Å². The average molecular weight is 274 g/mol. The summed E-state index contributed by atoms with van der Waals surface area (Å²) in [5.41, 5.74) is 2.04. The number of Topliss-reactive ketones (excluding diaryl/α,β-unsaturated/α-hetero) is 1. The Morgan fingerprint density at radius 2 is 2.17 bits per heavy atom. The van der Waals surface area contributed by atoms with Crippen molar-refractivity contribution in [3.05, 3.63) is 32.9 Å². The molecule has 12 heavy (non-hydrogen) atoms. The largest absolute Gasteiger partial charge is 0.294 e. The molecule has 0 fully saturated rings. The summed E-state index contributed by atoms with van der Waals surface area (Å²) < 4.78 is 1.09. The highest BCUT2D eigenvalue weighted by atomic mass is 127. The minimum absolute atomic E-state index is 0.225. The number of hydrogen-bond donors (Lipinski definition) is 0.